The van der Waals surface area contributed by atoms with Gasteiger partial charge in [0.05, 0.1) is 12.3 Å². The summed E-state index contributed by atoms with van der Waals surface area (Å²) < 4.78 is 5.89. The second kappa shape index (κ2) is 13.1. The predicted molar refractivity (Wildman–Crippen MR) is 107 cm³/mol. The molecule has 24 heavy (non-hydrogen) atoms. The SMILES string of the molecule is CCCCCCCCCCCCCCOc1c(C)cc(C)cc1N. The summed E-state index contributed by atoms with van der Waals surface area (Å²) in [6, 6.07) is 4.12. The molecule has 1 aromatic carbocycles. The largest absolute Gasteiger partial charge is 0.491 e. The lowest BCUT2D eigenvalue weighted by atomic mass is 10.1. The second-order valence-electron chi connectivity index (χ2n) is 7.24. The number of benzene rings is 1. The standard InChI is InChI=1S/C22H39NO/c1-4-5-6-7-8-9-10-11-12-13-14-15-16-24-22-20(3)17-19(2)18-21(22)23/h17-18H,4-16,23H2,1-3H3. The van der Waals surface area contributed by atoms with E-state index in [1.807, 2.05) is 6.07 Å². The van der Waals surface area contributed by atoms with Crippen LogP contribution in [0, 0.1) is 13.8 Å². The highest BCUT2D eigenvalue weighted by Gasteiger charge is 2.05. The van der Waals surface area contributed by atoms with Gasteiger partial charge in [-0.3, -0.25) is 0 Å². The zero-order valence-corrected chi connectivity index (χ0v) is 16.3. The third-order valence-electron chi connectivity index (χ3n) is 4.69. The predicted octanol–water partition coefficient (Wildman–Crippen LogP) is 6.97. The minimum absolute atomic E-state index is 0.770. The number of aryl methyl sites for hydroxylation is 2. The molecule has 0 radical (unpaired) electrons. The van der Waals surface area contributed by atoms with Gasteiger partial charge in [-0.1, -0.05) is 83.6 Å². The fraction of sp³-hybridized carbons (Fsp3) is 0.727. The number of anilines is 1. The lowest BCUT2D eigenvalue weighted by molar-refractivity contribution is 0.304. The van der Waals surface area contributed by atoms with Crippen LogP contribution in [0.1, 0.15) is 95.1 Å². The third-order valence-corrected chi connectivity index (χ3v) is 4.69. The normalized spacial score (nSPS) is 11.0. The third kappa shape index (κ3) is 9.20. The lowest BCUT2D eigenvalue weighted by Gasteiger charge is -2.12. The highest BCUT2D eigenvalue weighted by molar-refractivity contribution is 5.58. The van der Waals surface area contributed by atoms with Gasteiger partial charge in [-0.15, -0.1) is 0 Å². The Balaban J connectivity index is 1.94. The Labute approximate surface area is 150 Å². The van der Waals surface area contributed by atoms with Gasteiger partial charge < -0.3 is 10.5 Å². The van der Waals surface area contributed by atoms with Gasteiger partial charge in [0.2, 0.25) is 0 Å². The van der Waals surface area contributed by atoms with Crippen molar-refractivity contribution in [1.29, 1.82) is 0 Å². The van der Waals surface area contributed by atoms with E-state index in [-0.39, 0.29) is 0 Å². The van der Waals surface area contributed by atoms with Gasteiger partial charge in [0, 0.05) is 0 Å². The maximum absolute atomic E-state index is 6.04. The van der Waals surface area contributed by atoms with Gasteiger partial charge in [-0.05, 0) is 37.5 Å². The van der Waals surface area contributed by atoms with Gasteiger partial charge in [0.1, 0.15) is 5.75 Å². The molecule has 0 saturated carbocycles. The smallest absolute Gasteiger partial charge is 0.145 e. The first-order valence-corrected chi connectivity index (χ1v) is 10.1. The van der Waals surface area contributed by atoms with Crippen LogP contribution in [0.2, 0.25) is 0 Å². The number of ether oxygens (including phenoxy) is 1. The molecule has 0 aliphatic heterocycles. The Bertz CT molecular complexity index is 419. The molecule has 0 spiro atoms. The molecule has 0 aliphatic rings. The van der Waals surface area contributed by atoms with Crippen LogP contribution in [0.25, 0.3) is 0 Å². The van der Waals surface area contributed by atoms with E-state index >= 15 is 0 Å². The first-order chi connectivity index (χ1) is 11.6. The molecule has 2 heteroatoms. The summed E-state index contributed by atoms with van der Waals surface area (Å²) in [5, 5.41) is 0. The number of hydrogen-bond donors (Lipinski definition) is 1. The molecule has 0 amide bonds. The second-order valence-corrected chi connectivity index (χ2v) is 7.24. The van der Waals surface area contributed by atoms with E-state index in [1.165, 1.54) is 76.2 Å². The van der Waals surface area contributed by atoms with E-state index in [0.717, 1.165) is 30.0 Å². The molecule has 0 unspecified atom stereocenters. The Hall–Kier alpha value is -1.18. The van der Waals surface area contributed by atoms with Crippen molar-refractivity contribution in [2.24, 2.45) is 0 Å². The van der Waals surface area contributed by atoms with Crippen molar-refractivity contribution >= 4 is 5.69 Å². The van der Waals surface area contributed by atoms with Crippen molar-refractivity contribution in [2.75, 3.05) is 12.3 Å². The fourth-order valence-corrected chi connectivity index (χ4v) is 3.30. The maximum atomic E-state index is 6.04. The van der Waals surface area contributed by atoms with Crippen LogP contribution < -0.4 is 10.5 Å². The Morgan fingerprint density at radius 2 is 1.25 bits per heavy atom. The molecule has 0 aliphatic carbocycles. The molecular weight excluding hydrogens is 294 g/mol. The number of hydrogen-bond acceptors (Lipinski definition) is 2. The van der Waals surface area contributed by atoms with E-state index in [9.17, 15) is 0 Å². The maximum Gasteiger partial charge on any atom is 0.145 e. The van der Waals surface area contributed by atoms with Gasteiger partial charge >= 0.3 is 0 Å². The minimum Gasteiger partial charge on any atom is -0.491 e. The van der Waals surface area contributed by atoms with Crippen molar-refractivity contribution < 1.29 is 4.74 Å². The average Bonchev–Trinajstić information content (AvgIpc) is 2.53. The van der Waals surface area contributed by atoms with Crippen LogP contribution in [0.5, 0.6) is 5.75 Å². The molecule has 2 nitrogen and oxygen atoms in total. The lowest BCUT2D eigenvalue weighted by Crippen LogP contribution is -2.02. The van der Waals surface area contributed by atoms with E-state index < -0.39 is 0 Å². The summed E-state index contributed by atoms with van der Waals surface area (Å²) in [6.07, 6.45) is 16.4. The summed E-state index contributed by atoms with van der Waals surface area (Å²) in [4.78, 5) is 0. The first-order valence-electron chi connectivity index (χ1n) is 10.1. The van der Waals surface area contributed by atoms with Crippen molar-refractivity contribution in [3.8, 4) is 5.75 Å². The van der Waals surface area contributed by atoms with Gasteiger partial charge in [-0.25, -0.2) is 0 Å². The summed E-state index contributed by atoms with van der Waals surface area (Å²) in [5.74, 6) is 0.878. The molecule has 1 rings (SSSR count). The molecule has 0 atom stereocenters. The van der Waals surface area contributed by atoms with E-state index in [0.29, 0.717) is 0 Å². The summed E-state index contributed by atoms with van der Waals surface area (Å²) >= 11 is 0. The van der Waals surface area contributed by atoms with Crippen LogP contribution in [0.3, 0.4) is 0 Å². The minimum atomic E-state index is 0.770. The zero-order chi connectivity index (χ0) is 17.6. The summed E-state index contributed by atoms with van der Waals surface area (Å²) in [5.41, 5.74) is 9.16. The van der Waals surface area contributed by atoms with Crippen molar-refractivity contribution in [3.05, 3.63) is 23.3 Å². The van der Waals surface area contributed by atoms with Crippen molar-refractivity contribution in [2.45, 2.75) is 97.8 Å². The average molecular weight is 334 g/mol. The quantitative estimate of drug-likeness (QED) is 0.295. The molecular formula is C22H39NO. The fourth-order valence-electron chi connectivity index (χ4n) is 3.30. The number of nitrogen functional groups attached to an aromatic ring is 1. The number of rotatable bonds is 14. The molecule has 0 fully saturated rings. The highest BCUT2D eigenvalue weighted by Crippen LogP contribution is 2.27. The van der Waals surface area contributed by atoms with Crippen LogP contribution >= 0.6 is 0 Å². The Morgan fingerprint density at radius 3 is 1.75 bits per heavy atom. The highest BCUT2D eigenvalue weighted by atomic mass is 16.5. The zero-order valence-electron chi connectivity index (χ0n) is 16.3. The molecule has 2 N–H and O–H groups in total. The molecule has 138 valence electrons. The topological polar surface area (TPSA) is 35.2 Å². The molecule has 1 aromatic rings. The monoisotopic (exact) mass is 333 g/mol. The number of unbranched alkanes of at least 4 members (excludes halogenated alkanes) is 11. The van der Waals surface area contributed by atoms with E-state index in [2.05, 4.69) is 26.8 Å². The van der Waals surface area contributed by atoms with Crippen LogP contribution in [0.15, 0.2) is 12.1 Å². The summed E-state index contributed by atoms with van der Waals surface area (Å²) in [6.45, 7) is 7.20. The van der Waals surface area contributed by atoms with Crippen LogP contribution in [-0.4, -0.2) is 6.61 Å². The van der Waals surface area contributed by atoms with E-state index in [4.69, 9.17) is 10.5 Å². The molecule has 0 aromatic heterocycles. The molecule has 0 saturated heterocycles. The number of nitrogens with two attached hydrogens (primary N) is 1. The Morgan fingerprint density at radius 1 is 0.750 bits per heavy atom. The van der Waals surface area contributed by atoms with Crippen molar-refractivity contribution in [3.63, 3.8) is 0 Å². The van der Waals surface area contributed by atoms with Crippen molar-refractivity contribution in [1.82, 2.24) is 0 Å². The molecule has 0 heterocycles. The Kier molecular flexibility index (Phi) is 11.4. The van der Waals surface area contributed by atoms with Gasteiger partial charge in [0.15, 0.2) is 0 Å². The van der Waals surface area contributed by atoms with Crippen LogP contribution in [-0.2, 0) is 0 Å². The summed E-state index contributed by atoms with van der Waals surface area (Å²) in [7, 11) is 0. The first kappa shape index (κ1) is 20.9. The van der Waals surface area contributed by atoms with Gasteiger partial charge in [-0.2, -0.15) is 0 Å². The van der Waals surface area contributed by atoms with Crippen LogP contribution in [0.4, 0.5) is 5.69 Å². The molecule has 0 bridgehead atoms. The van der Waals surface area contributed by atoms with Gasteiger partial charge in [0.25, 0.3) is 0 Å². The van der Waals surface area contributed by atoms with E-state index in [1.54, 1.807) is 0 Å².